The molecule has 0 bridgehead atoms. The summed E-state index contributed by atoms with van der Waals surface area (Å²) in [6.07, 6.45) is 14.6. The quantitative estimate of drug-likeness (QED) is 0.317. The predicted molar refractivity (Wildman–Crippen MR) is 138 cm³/mol. The number of hydrogen-bond donors (Lipinski definition) is 1. The Hall–Kier alpha value is -2.11. The lowest BCUT2D eigenvalue weighted by Gasteiger charge is -2.35. The minimum absolute atomic E-state index is 0.00631. The number of amides is 2. The van der Waals surface area contributed by atoms with Crippen LogP contribution in [0.4, 0.5) is 15.8 Å². The zero-order valence-electron chi connectivity index (χ0n) is 21.2. The molecule has 1 aromatic rings. The zero-order valence-corrected chi connectivity index (χ0v) is 21.2. The van der Waals surface area contributed by atoms with Crippen molar-refractivity contribution in [3.05, 3.63) is 24.0 Å². The summed E-state index contributed by atoms with van der Waals surface area (Å²) in [7, 11) is 0. The average molecular weight is 474 g/mol. The Bertz CT molecular complexity index is 777. The fraction of sp³-hybridized carbons (Fsp3) is 0.714. The van der Waals surface area contributed by atoms with Gasteiger partial charge in [0, 0.05) is 37.3 Å². The first-order chi connectivity index (χ1) is 16.6. The summed E-state index contributed by atoms with van der Waals surface area (Å²) in [5.74, 6) is 0.429. The van der Waals surface area contributed by atoms with E-state index >= 15 is 0 Å². The van der Waals surface area contributed by atoms with Crippen LogP contribution in [0.3, 0.4) is 0 Å². The first-order valence-corrected chi connectivity index (χ1v) is 13.7. The van der Waals surface area contributed by atoms with E-state index in [0.29, 0.717) is 23.3 Å². The molecule has 0 aromatic heterocycles. The van der Waals surface area contributed by atoms with Gasteiger partial charge in [-0.1, -0.05) is 39.5 Å². The molecule has 34 heavy (non-hydrogen) atoms. The Kier molecular flexibility index (Phi) is 10.7. The Balaban J connectivity index is 0.00000158. The van der Waals surface area contributed by atoms with E-state index in [1.165, 1.54) is 31.7 Å². The molecule has 1 heterocycles. The van der Waals surface area contributed by atoms with Crippen molar-refractivity contribution in [2.45, 2.75) is 96.9 Å². The van der Waals surface area contributed by atoms with Crippen LogP contribution >= 0.6 is 0 Å². The summed E-state index contributed by atoms with van der Waals surface area (Å²) in [5.41, 5.74) is 1.19. The van der Waals surface area contributed by atoms with Gasteiger partial charge in [0.15, 0.2) is 0 Å². The molecule has 5 nitrogen and oxygen atoms in total. The van der Waals surface area contributed by atoms with Gasteiger partial charge < -0.3 is 15.1 Å². The molecule has 2 saturated carbocycles. The topological polar surface area (TPSA) is 52.7 Å². The summed E-state index contributed by atoms with van der Waals surface area (Å²) in [6, 6.07) is 5.54. The zero-order chi connectivity index (χ0) is 24.3. The summed E-state index contributed by atoms with van der Waals surface area (Å²) < 4.78 is 14.8. The maximum Gasteiger partial charge on any atom is 0.227 e. The molecule has 3 fully saturated rings. The van der Waals surface area contributed by atoms with Gasteiger partial charge in [-0.05, 0) is 75.5 Å². The highest BCUT2D eigenvalue weighted by molar-refractivity contribution is 5.94. The maximum absolute atomic E-state index is 14.8. The van der Waals surface area contributed by atoms with Crippen molar-refractivity contribution in [3.63, 3.8) is 0 Å². The third-order valence-corrected chi connectivity index (χ3v) is 7.48. The molecule has 190 valence electrons. The first-order valence-electron chi connectivity index (χ1n) is 13.7. The number of nitrogens with zero attached hydrogens (tertiary/aromatic N) is 2. The molecule has 1 unspecified atom stereocenters. The lowest BCUT2D eigenvalue weighted by Crippen LogP contribution is -2.37. The van der Waals surface area contributed by atoms with E-state index in [4.69, 9.17) is 0 Å². The molecule has 1 atom stereocenters. The van der Waals surface area contributed by atoms with Crippen LogP contribution in [0.25, 0.3) is 0 Å². The molecule has 1 aliphatic heterocycles. The van der Waals surface area contributed by atoms with Crippen molar-refractivity contribution in [1.82, 2.24) is 4.90 Å². The second kappa shape index (κ2) is 13.7. The van der Waals surface area contributed by atoms with Crippen molar-refractivity contribution in [3.8, 4) is 0 Å². The van der Waals surface area contributed by atoms with Crippen LogP contribution in [0, 0.1) is 17.7 Å². The van der Waals surface area contributed by atoms with Gasteiger partial charge in [0.1, 0.15) is 5.82 Å². The molecule has 0 spiro atoms. The highest BCUT2D eigenvalue weighted by Crippen LogP contribution is 2.32. The van der Waals surface area contributed by atoms with Gasteiger partial charge in [-0.3, -0.25) is 9.59 Å². The summed E-state index contributed by atoms with van der Waals surface area (Å²) in [5, 5.41) is 2.83. The number of piperidine rings is 1. The van der Waals surface area contributed by atoms with E-state index < -0.39 is 0 Å². The van der Waals surface area contributed by atoms with Gasteiger partial charge in [-0.15, -0.1) is 0 Å². The maximum atomic E-state index is 14.8. The van der Waals surface area contributed by atoms with Gasteiger partial charge in [0.05, 0.1) is 5.69 Å². The summed E-state index contributed by atoms with van der Waals surface area (Å²) >= 11 is 0. The minimum atomic E-state index is -0.256. The van der Waals surface area contributed by atoms with Crippen LogP contribution < -0.4 is 10.2 Å². The molecule has 1 aromatic carbocycles. The van der Waals surface area contributed by atoms with Crippen molar-refractivity contribution in [1.29, 1.82) is 0 Å². The Labute approximate surface area is 205 Å². The largest absolute Gasteiger partial charge is 0.369 e. The van der Waals surface area contributed by atoms with Crippen LogP contribution in [0.5, 0.6) is 0 Å². The molecule has 2 aliphatic carbocycles. The molecule has 1 saturated heterocycles. The first kappa shape index (κ1) is 26.5. The monoisotopic (exact) mass is 473 g/mol. The molecule has 1 N–H and O–H groups in total. The third-order valence-electron chi connectivity index (χ3n) is 7.48. The number of hydrogen-bond acceptors (Lipinski definition) is 3. The molecular weight excluding hydrogens is 429 g/mol. The number of carbonyl (C=O) groups excluding carboxylic acids is 2. The standard InChI is InChI=1S/C26H38FN3O2.C2H6/c27-24-17-22(28-26(32)21-11-12-21)13-14-25(24)29-16-6-8-20(18-29)7-4-5-15-30(19-31)23-9-2-1-3-10-23;1-2/h13-14,17,19-21,23H,1-12,15-16,18H2,(H,28,32);1-2H3. The lowest BCUT2D eigenvalue weighted by molar-refractivity contribution is -0.121. The number of unbranched alkanes of at least 4 members (excludes halogenated alkanes) is 1. The normalized spacial score (nSPS) is 20.8. The van der Waals surface area contributed by atoms with Crippen molar-refractivity contribution >= 4 is 23.7 Å². The van der Waals surface area contributed by atoms with Crippen LogP contribution in [-0.4, -0.2) is 42.9 Å². The number of carbonyl (C=O) groups is 2. The van der Waals surface area contributed by atoms with Crippen LogP contribution in [0.15, 0.2) is 18.2 Å². The third kappa shape index (κ3) is 7.71. The highest BCUT2D eigenvalue weighted by atomic mass is 19.1. The van der Waals surface area contributed by atoms with Gasteiger partial charge in [0.2, 0.25) is 12.3 Å². The van der Waals surface area contributed by atoms with Crippen LogP contribution in [0.1, 0.15) is 90.9 Å². The highest BCUT2D eigenvalue weighted by Gasteiger charge is 2.30. The van der Waals surface area contributed by atoms with E-state index in [9.17, 15) is 14.0 Å². The van der Waals surface area contributed by atoms with E-state index in [1.54, 1.807) is 0 Å². The molecule has 0 radical (unpaired) electrons. The molecular formula is C28H44FN3O2. The number of halogens is 1. The van der Waals surface area contributed by atoms with Gasteiger partial charge in [-0.25, -0.2) is 4.39 Å². The van der Waals surface area contributed by atoms with Gasteiger partial charge in [0.25, 0.3) is 0 Å². The Morgan fingerprint density at radius 3 is 2.53 bits per heavy atom. The SMILES string of the molecule is CC.O=CN(CCCCC1CCCN(c2ccc(NC(=O)C3CC3)cc2F)C1)C1CCCCC1. The second-order valence-corrected chi connectivity index (χ2v) is 10.0. The number of nitrogens with one attached hydrogen (secondary N) is 1. The fourth-order valence-corrected chi connectivity index (χ4v) is 5.41. The van der Waals surface area contributed by atoms with E-state index in [1.807, 2.05) is 30.9 Å². The van der Waals surface area contributed by atoms with E-state index in [2.05, 4.69) is 10.2 Å². The fourth-order valence-electron chi connectivity index (χ4n) is 5.41. The van der Waals surface area contributed by atoms with Crippen molar-refractivity contribution < 1.29 is 14.0 Å². The van der Waals surface area contributed by atoms with E-state index in [-0.39, 0.29) is 17.6 Å². The van der Waals surface area contributed by atoms with Gasteiger partial charge in [-0.2, -0.15) is 0 Å². The van der Waals surface area contributed by atoms with Crippen LogP contribution in [-0.2, 0) is 9.59 Å². The summed E-state index contributed by atoms with van der Waals surface area (Å²) in [6.45, 7) is 6.62. The predicted octanol–water partition coefficient (Wildman–Crippen LogP) is 6.38. The van der Waals surface area contributed by atoms with Crippen LogP contribution in [0.2, 0.25) is 0 Å². The smallest absolute Gasteiger partial charge is 0.227 e. The molecule has 2 amide bonds. The Morgan fingerprint density at radius 2 is 1.85 bits per heavy atom. The average Bonchev–Trinajstić information content (AvgIpc) is 3.72. The van der Waals surface area contributed by atoms with Crippen molar-refractivity contribution in [2.24, 2.45) is 11.8 Å². The minimum Gasteiger partial charge on any atom is -0.369 e. The number of rotatable bonds is 10. The number of benzene rings is 1. The van der Waals surface area contributed by atoms with E-state index in [0.717, 1.165) is 77.4 Å². The molecule has 3 aliphatic rings. The van der Waals surface area contributed by atoms with Crippen molar-refractivity contribution in [2.75, 3.05) is 29.9 Å². The molecule has 6 heteroatoms. The number of anilines is 2. The Morgan fingerprint density at radius 1 is 1.09 bits per heavy atom. The van der Waals surface area contributed by atoms with Gasteiger partial charge >= 0.3 is 0 Å². The second-order valence-electron chi connectivity index (χ2n) is 10.0. The summed E-state index contributed by atoms with van der Waals surface area (Å²) in [4.78, 5) is 27.6. The lowest BCUT2D eigenvalue weighted by atomic mass is 9.92. The molecule has 4 rings (SSSR count).